The van der Waals surface area contributed by atoms with Gasteiger partial charge in [-0.1, -0.05) is 15.9 Å². The standard InChI is InChI=1S/C25H17BrN2O5/c1-32-18-5-3-17(4-6-18)28-22(14-8-10-27-11-9-14)21(24(30)25(28)31)23(29)20-13-15-12-16(26)2-7-19(15)33-20/h2-13,22,30H,1H3. The summed E-state index contributed by atoms with van der Waals surface area (Å²) in [6, 6.07) is 16.3. The van der Waals surface area contributed by atoms with E-state index in [0.717, 1.165) is 9.86 Å². The predicted molar refractivity (Wildman–Crippen MR) is 125 cm³/mol. The first-order chi connectivity index (χ1) is 16.0. The van der Waals surface area contributed by atoms with E-state index in [1.165, 1.54) is 4.90 Å². The van der Waals surface area contributed by atoms with Crippen LogP contribution >= 0.6 is 15.9 Å². The Kier molecular flexibility index (Phi) is 5.22. The minimum absolute atomic E-state index is 0.0353. The van der Waals surface area contributed by atoms with Crippen molar-refractivity contribution in [2.45, 2.75) is 6.04 Å². The van der Waals surface area contributed by atoms with Crippen LogP contribution in [0.2, 0.25) is 0 Å². The fourth-order valence-corrected chi connectivity index (χ4v) is 4.35. The second kappa shape index (κ2) is 8.22. The number of hydrogen-bond acceptors (Lipinski definition) is 6. The van der Waals surface area contributed by atoms with Crippen LogP contribution < -0.4 is 9.64 Å². The van der Waals surface area contributed by atoms with E-state index < -0.39 is 23.5 Å². The number of nitrogens with zero attached hydrogens (tertiary/aromatic N) is 2. The van der Waals surface area contributed by atoms with Crippen molar-refractivity contribution >= 4 is 44.3 Å². The third-order valence-electron chi connectivity index (χ3n) is 5.53. The third kappa shape index (κ3) is 3.58. The van der Waals surface area contributed by atoms with Gasteiger partial charge in [0.15, 0.2) is 11.5 Å². The first kappa shape index (κ1) is 21.0. The maximum absolute atomic E-state index is 13.6. The number of benzene rings is 2. The summed E-state index contributed by atoms with van der Waals surface area (Å²) in [6.07, 6.45) is 3.14. The lowest BCUT2D eigenvalue weighted by Crippen LogP contribution is -2.31. The van der Waals surface area contributed by atoms with Gasteiger partial charge in [-0.25, -0.2) is 0 Å². The zero-order chi connectivity index (χ0) is 23.1. The Morgan fingerprint density at radius 2 is 1.82 bits per heavy atom. The van der Waals surface area contributed by atoms with E-state index >= 15 is 0 Å². The van der Waals surface area contributed by atoms with Gasteiger partial charge < -0.3 is 14.3 Å². The number of aliphatic hydroxyl groups is 1. The Hall–Kier alpha value is -3.91. The third-order valence-corrected chi connectivity index (χ3v) is 6.02. The first-order valence-electron chi connectivity index (χ1n) is 10.0. The number of fused-ring (bicyclic) bond motifs is 1. The molecule has 4 aromatic rings. The molecule has 1 atom stereocenters. The van der Waals surface area contributed by atoms with E-state index in [1.807, 2.05) is 6.07 Å². The van der Waals surface area contributed by atoms with Gasteiger partial charge in [0.25, 0.3) is 5.91 Å². The summed E-state index contributed by atoms with van der Waals surface area (Å²) in [4.78, 5) is 32.2. The van der Waals surface area contributed by atoms with E-state index in [0.29, 0.717) is 22.6 Å². The molecule has 0 bridgehead atoms. The molecular weight excluding hydrogens is 488 g/mol. The number of pyridine rings is 1. The van der Waals surface area contributed by atoms with Gasteiger partial charge in [-0.3, -0.25) is 19.5 Å². The Labute approximate surface area is 197 Å². The van der Waals surface area contributed by atoms with Gasteiger partial charge in [0.1, 0.15) is 11.3 Å². The molecule has 3 heterocycles. The molecule has 7 nitrogen and oxygen atoms in total. The van der Waals surface area contributed by atoms with Crippen molar-refractivity contribution in [1.82, 2.24) is 4.98 Å². The molecule has 0 saturated carbocycles. The van der Waals surface area contributed by atoms with Crippen molar-refractivity contribution in [3.63, 3.8) is 0 Å². The molecule has 1 aliphatic rings. The lowest BCUT2D eigenvalue weighted by Gasteiger charge is -2.26. The molecule has 5 rings (SSSR count). The number of amides is 1. The molecule has 1 amide bonds. The molecule has 0 radical (unpaired) electrons. The molecule has 33 heavy (non-hydrogen) atoms. The van der Waals surface area contributed by atoms with Crippen molar-refractivity contribution in [3.8, 4) is 5.75 Å². The second-order valence-corrected chi connectivity index (χ2v) is 8.36. The van der Waals surface area contributed by atoms with Crippen molar-refractivity contribution in [2.24, 2.45) is 0 Å². The number of ketones is 1. The number of aliphatic hydroxyl groups excluding tert-OH is 1. The lowest BCUT2D eigenvalue weighted by molar-refractivity contribution is -0.117. The van der Waals surface area contributed by atoms with Crippen LogP contribution in [-0.2, 0) is 4.79 Å². The van der Waals surface area contributed by atoms with Crippen LogP contribution in [-0.4, -0.2) is 28.9 Å². The summed E-state index contributed by atoms with van der Waals surface area (Å²) in [5.41, 5.74) is 1.60. The highest BCUT2D eigenvalue weighted by Gasteiger charge is 2.45. The van der Waals surface area contributed by atoms with Crippen molar-refractivity contribution < 1.29 is 23.8 Å². The average Bonchev–Trinajstić information content (AvgIpc) is 3.38. The maximum Gasteiger partial charge on any atom is 0.294 e. The molecule has 2 aromatic carbocycles. The molecule has 0 aliphatic carbocycles. The number of carbonyl (C=O) groups is 2. The van der Waals surface area contributed by atoms with E-state index in [1.54, 1.807) is 74.1 Å². The van der Waals surface area contributed by atoms with Gasteiger partial charge in [0, 0.05) is 27.9 Å². The fourth-order valence-electron chi connectivity index (χ4n) is 3.97. The number of hydrogen-bond donors (Lipinski definition) is 1. The summed E-state index contributed by atoms with van der Waals surface area (Å²) in [5.74, 6) is -1.20. The topological polar surface area (TPSA) is 92.9 Å². The highest BCUT2D eigenvalue weighted by molar-refractivity contribution is 9.10. The van der Waals surface area contributed by atoms with Crippen LogP contribution in [0.5, 0.6) is 5.75 Å². The summed E-state index contributed by atoms with van der Waals surface area (Å²) in [7, 11) is 1.55. The first-order valence-corrected chi connectivity index (χ1v) is 10.8. The summed E-state index contributed by atoms with van der Waals surface area (Å²) in [5, 5.41) is 11.6. The van der Waals surface area contributed by atoms with E-state index in [-0.39, 0.29) is 11.3 Å². The molecule has 1 aliphatic heterocycles. The number of rotatable bonds is 5. The zero-order valence-electron chi connectivity index (χ0n) is 17.4. The monoisotopic (exact) mass is 504 g/mol. The summed E-state index contributed by atoms with van der Waals surface area (Å²) < 4.78 is 11.8. The van der Waals surface area contributed by atoms with Gasteiger partial charge in [-0.2, -0.15) is 0 Å². The van der Waals surface area contributed by atoms with Gasteiger partial charge in [0.05, 0.1) is 18.7 Å². The van der Waals surface area contributed by atoms with Crippen molar-refractivity contribution in [1.29, 1.82) is 0 Å². The van der Waals surface area contributed by atoms with Crippen LogP contribution in [0.25, 0.3) is 11.0 Å². The largest absolute Gasteiger partial charge is 0.503 e. The molecule has 1 unspecified atom stereocenters. The molecule has 0 spiro atoms. The number of aromatic nitrogens is 1. The SMILES string of the molecule is COc1ccc(N2C(=O)C(O)=C(C(=O)c3cc4cc(Br)ccc4o3)C2c2ccncc2)cc1. The van der Waals surface area contributed by atoms with Crippen LogP contribution in [0, 0.1) is 0 Å². The Morgan fingerprint density at radius 1 is 1.09 bits per heavy atom. The number of carbonyl (C=O) groups excluding carboxylic acids is 2. The number of anilines is 1. The number of furan rings is 1. The normalized spacial score (nSPS) is 16.0. The molecule has 2 aromatic heterocycles. The highest BCUT2D eigenvalue weighted by Crippen LogP contribution is 2.42. The molecule has 0 fully saturated rings. The second-order valence-electron chi connectivity index (χ2n) is 7.44. The smallest absolute Gasteiger partial charge is 0.294 e. The van der Waals surface area contributed by atoms with Crippen LogP contribution in [0.4, 0.5) is 5.69 Å². The van der Waals surface area contributed by atoms with Crippen LogP contribution in [0.15, 0.2) is 93.3 Å². The van der Waals surface area contributed by atoms with E-state index in [9.17, 15) is 14.7 Å². The quantitative estimate of drug-likeness (QED) is 0.366. The summed E-state index contributed by atoms with van der Waals surface area (Å²) >= 11 is 3.40. The van der Waals surface area contributed by atoms with Gasteiger partial charge in [-0.15, -0.1) is 0 Å². The molecule has 0 saturated heterocycles. The fraction of sp³-hybridized carbons (Fsp3) is 0.0800. The van der Waals surface area contributed by atoms with Crippen molar-refractivity contribution in [2.75, 3.05) is 12.0 Å². The number of methoxy groups -OCH3 is 1. The van der Waals surface area contributed by atoms with E-state index in [4.69, 9.17) is 9.15 Å². The predicted octanol–water partition coefficient (Wildman–Crippen LogP) is 5.38. The Bertz CT molecular complexity index is 1410. The maximum atomic E-state index is 13.6. The Balaban J connectivity index is 1.63. The van der Waals surface area contributed by atoms with Crippen LogP contribution in [0.1, 0.15) is 22.2 Å². The van der Waals surface area contributed by atoms with E-state index in [2.05, 4.69) is 20.9 Å². The summed E-state index contributed by atoms with van der Waals surface area (Å²) in [6.45, 7) is 0. The molecule has 164 valence electrons. The van der Waals surface area contributed by atoms with Crippen LogP contribution in [0.3, 0.4) is 0 Å². The number of Topliss-reactive ketones (excluding diaryl/α,β-unsaturated/α-hetero) is 1. The average molecular weight is 505 g/mol. The Morgan fingerprint density at radius 3 is 2.52 bits per heavy atom. The lowest BCUT2D eigenvalue weighted by atomic mass is 9.95. The molecule has 8 heteroatoms. The zero-order valence-corrected chi connectivity index (χ0v) is 18.9. The highest BCUT2D eigenvalue weighted by atomic mass is 79.9. The number of ether oxygens (including phenoxy) is 1. The minimum Gasteiger partial charge on any atom is -0.503 e. The van der Waals surface area contributed by atoms with Gasteiger partial charge in [-0.05, 0) is 66.2 Å². The number of halogens is 1. The molecular formula is C25H17BrN2O5. The van der Waals surface area contributed by atoms with Gasteiger partial charge in [0.2, 0.25) is 5.78 Å². The minimum atomic E-state index is -0.860. The van der Waals surface area contributed by atoms with Gasteiger partial charge >= 0.3 is 0 Å². The molecule has 1 N–H and O–H groups in total. The van der Waals surface area contributed by atoms with Crippen molar-refractivity contribution in [3.05, 3.63) is 100 Å².